The third kappa shape index (κ3) is 2.24. The van der Waals surface area contributed by atoms with Crippen LogP contribution in [0, 0.1) is 0 Å². The number of carbonyl (C=O) groups is 1. The minimum absolute atomic E-state index is 0.0226. The molecule has 3 heteroatoms. The Balaban J connectivity index is 1.75. The number of para-hydroxylation sites is 2. The van der Waals surface area contributed by atoms with Gasteiger partial charge in [0.15, 0.2) is 0 Å². The van der Waals surface area contributed by atoms with E-state index in [1.165, 1.54) is 21.9 Å². The van der Waals surface area contributed by atoms with Crippen molar-refractivity contribution >= 4 is 27.6 Å². The standard InChI is InChI=1S/C24H22N2O/c1-15-12-22(27)24(19-14-26(3)21-11-7-5-9-17(19)21)23(15)18-13-25(2)20-10-6-4-8-16(18)20/h4-11,13-14,23-24H,1,12H2,2-3H3. The van der Waals surface area contributed by atoms with Gasteiger partial charge in [0.1, 0.15) is 5.78 Å². The van der Waals surface area contributed by atoms with Crippen LogP contribution in [0.4, 0.5) is 0 Å². The molecule has 1 aliphatic rings. The van der Waals surface area contributed by atoms with Gasteiger partial charge in [-0.15, -0.1) is 0 Å². The molecule has 0 amide bonds. The number of allylic oxidation sites excluding steroid dienone is 1. The van der Waals surface area contributed by atoms with Crippen molar-refractivity contribution in [2.45, 2.75) is 18.3 Å². The van der Waals surface area contributed by atoms with Crippen molar-refractivity contribution in [2.24, 2.45) is 14.1 Å². The average Bonchev–Trinajstić information content (AvgIpc) is 3.27. The average molecular weight is 354 g/mol. The van der Waals surface area contributed by atoms with E-state index in [4.69, 9.17) is 0 Å². The second kappa shape index (κ2) is 5.71. The van der Waals surface area contributed by atoms with Crippen LogP contribution < -0.4 is 0 Å². The summed E-state index contributed by atoms with van der Waals surface area (Å²) in [5, 5.41) is 2.38. The van der Waals surface area contributed by atoms with Crippen molar-refractivity contribution < 1.29 is 4.79 Å². The van der Waals surface area contributed by atoms with Crippen LogP contribution >= 0.6 is 0 Å². The molecule has 3 nitrogen and oxygen atoms in total. The van der Waals surface area contributed by atoms with E-state index in [1.807, 2.05) is 19.2 Å². The fourth-order valence-electron chi connectivity index (χ4n) is 4.86. The van der Waals surface area contributed by atoms with Gasteiger partial charge < -0.3 is 9.13 Å². The molecule has 1 saturated carbocycles. The first kappa shape index (κ1) is 16.1. The molecule has 4 aromatic rings. The zero-order valence-electron chi connectivity index (χ0n) is 15.6. The summed E-state index contributed by atoms with van der Waals surface area (Å²) in [6.07, 6.45) is 4.77. The molecule has 2 unspecified atom stereocenters. The molecule has 0 radical (unpaired) electrons. The number of Topliss-reactive ketones (excluding diaryl/α,β-unsaturated/α-hetero) is 1. The largest absolute Gasteiger partial charge is 0.350 e. The highest BCUT2D eigenvalue weighted by atomic mass is 16.1. The summed E-state index contributed by atoms with van der Waals surface area (Å²) in [5.74, 6) is 0.123. The second-order valence-electron chi connectivity index (χ2n) is 7.68. The van der Waals surface area contributed by atoms with Gasteiger partial charge in [-0.2, -0.15) is 0 Å². The van der Waals surface area contributed by atoms with Gasteiger partial charge in [-0.05, 0) is 23.3 Å². The van der Waals surface area contributed by atoms with Gasteiger partial charge >= 0.3 is 0 Å². The number of benzene rings is 2. The number of hydrogen-bond acceptors (Lipinski definition) is 1. The fourth-order valence-corrected chi connectivity index (χ4v) is 4.86. The summed E-state index contributed by atoms with van der Waals surface area (Å²) in [5.41, 5.74) is 5.71. The SMILES string of the molecule is C=C1CC(=O)C(c2cn(C)c3ccccc23)C1c1cn(C)c2ccccc12. The molecular formula is C24H22N2O. The molecule has 1 aliphatic carbocycles. The third-order valence-corrected chi connectivity index (χ3v) is 6.05. The highest BCUT2D eigenvalue weighted by Crippen LogP contribution is 2.50. The fraction of sp³-hybridized carbons (Fsp3) is 0.208. The number of fused-ring (bicyclic) bond motifs is 2. The Labute approximate surface area is 158 Å². The summed E-state index contributed by atoms with van der Waals surface area (Å²) in [6, 6.07) is 16.7. The summed E-state index contributed by atoms with van der Waals surface area (Å²) in [6.45, 7) is 4.30. The van der Waals surface area contributed by atoms with Gasteiger partial charge in [-0.25, -0.2) is 0 Å². The highest BCUT2D eigenvalue weighted by molar-refractivity contribution is 5.99. The van der Waals surface area contributed by atoms with Gasteiger partial charge in [0, 0.05) is 60.6 Å². The molecule has 1 fully saturated rings. The zero-order valence-corrected chi connectivity index (χ0v) is 15.6. The smallest absolute Gasteiger partial charge is 0.145 e. The van der Waals surface area contributed by atoms with E-state index in [0.29, 0.717) is 6.42 Å². The molecule has 0 N–H and O–H groups in total. The quantitative estimate of drug-likeness (QED) is 0.462. The number of nitrogens with zero attached hydrogens (tertiary/aromatic N) is 2. The van der Waals surface area contributed by atoms with Crippen LogP contribution in [-0.4, -0.2) is 14.9 Å². The van der Waals surface area contributed by atoms with E-state index in [2.05, 4.69) is 71.6 Å². The van der Waals surface area contributed by atoms with E-state index in [1.54, 1.807) is 0 Å². The number of aromatic nitrogens is 2. The highest BCUT2D eigenvalue weighted by Gasteiger charge is 2.41. The van der Waals surface area contributed by atoms with Crippen LogP contribution in [0.25, 0.3) is 21.8 Å². The number of hydrogen-bond donors (Lipinski definition) is 0. The van der Waals surface area contributed by atoms with Gasteiger partial charge in [0.25, 0.3) is 0 Å². The second-order valence-corrected chi connectivity index (χ2v) is 7.68. The first-order chi connectivity index (χ1) is 13.1. The maximum absolute atomic E-state index is 13.1. The van der Waals surface area contributed by atoms with Gasteiger partial charge in [0.05, 0.1) is 5.92 Å². The molecule has 0 saturated heterocycles. The van der Waals surface area contributed by atoms with Crippen LogP contribution in [0.15, 0.2) is 73.1 Å². The van der Waals surface area contributed by atoms with Crippen LogP contribution in [0.3, 0.4) is 0 Å². The number of carbonyl (C=O) groups excluding carboxylic acids is 1. The lowest BCUT2D eigenvalue weighted by Gasteiger charge is -2.19. The Kier molecular flexibility index (Phi) is 3.41. The van der Waals surface area contributed by atoms with E-state index in [-0.39, 0.29) is 17.6 Å². The lowest BCUT2D eigenvalue weighted by Crippen LogP contribution is -2.11. The van der Waals surface area contributed by atoms with E-state index in [9.17, 15) is 4.79 Å². The molecule has 27 heavy (non-hydrogen) atoms. The number of rotatable bonds is 2. The van der Waals surface area contributed by atoms with E-state index in [0.717, 1.165) is 16.7 Å². The van der Waals surface area contributed by atoms with E-state index >= 15 is 0 Å². The lowest BCUT2D eigenvalue weighted by atomic mass is 9.82. The normalized spacial score (nSPS) is 20.2. The molecule has 2 heterocycles. The Hall–Kier alpha value is -3.07. The minimum Gasteiger partial charge on any atom is -0.350 e. The van der Waals surface area contributed by atoms with Crippen molar-refractivity contribution in [1.82, 2.24) is 9.13 Å². The first-order valence-corrected chi connectivity index (χ1v) is 9.34. The van der Waals surface area contributed by atoms with Crippen LogP contribution in [0.5, 0.6) is 0 Å². The molecular weight excluding hydrogens is 332 g/mol. The summed E-state index contributed by atoms with van der Waals surface area (Å²) in [4.78, 5) is 13.1. The molecule has 5 rings (SSSR count). The van der Waals surface area contributed by atoms with Gasteiger partial charge in [0.2, 0.25) is 0 Å². The van der Waals surface area contributed by atoms with Crippen molar-refractivity contribution in [2.75, 3.05) is 0 Å². The van der Waals surface area contributed by atoms with Crippen LogP contribution in [-0.2, 0) is 18.9 Å². The predicted octanol–water partition coefficient (Wildman–Crippen LogP) is 5.07. The molecule has 2 aromatic carbocycles. The number of aryl methyl sites for hydroxylation is 2. The molecule has 134 valence electrons. The van der Waals surface area contributed by atoms with Crippen molar-refractivity contribution in [1.29, 1.82) is 0 Å². The molecule has 0 spiro atoms. The Morgan fingerprint density at radius 2 is 1.30 bits per heavy atom. The van der Waals surface area contributed by atoms with Crippen molar-refractivity contribution in [3.63, 3.8) is 0 Å². The predicted molar refractivity (Wildman–Crippen MR) is 110 cm³/mol. The minimum atomic E-state index is -0.172. The Bertz CT molecular complexity index is 1130. The van der Waals surface area contributed by atoms with Crippen molar-refractivity contribution in [3.05, 3.63) is 84.2 Å². The Morgan fingerprint density at radius 1 is 0.815 bits per heavy atom. The molecule has 0 bridgehead atoms. The van der Waals surface area contributed by atoms with Crippen LogP contribution in [0.1, 0.15) is 29.4 Å². The van der Waals surface area contributed by atoms with Crippen LogP contribution in [0.2, 0.25) is 0 Å². The summed E-state index contributed by atoms with van der Waals surface area (Å²) < 4.78 is 4.28. The molecule has 0 aliphatic heterocycles. The monoisotopic (exact) mass is 354 g/mol. The number of ketones is 1. The maximum Gasteiger partial charge on any atom is 0.145 e. The van der Waals surface area contributed by atoms with E-state index < -0.39 is 0 Å². The third-order valence-electron chi connectivity index (χ3n) is 6.05. The van der Waals surface area contributed by atoms with Gasteiger partial charge in [-0.1, -0.05) is 48.6 Å². The topological polar surface area (TPSA) is 26.9 Å². The lowest BCUT2D eigenvalue weighted by molar-refractivity contribution is -0.118. The van der Waals surface area contributed by atoms with Gasteiger partial charge in [-0.3, -0.25) is 4.79 Å². The maximum atomic E-state index is 13.1. The first-order valence-electron chi connectivity index (χ1n) is 9.34. The van der Waals surface area contributed by atoms with Crippen molar-refractivity contribution in [3.8, 4) is 0 Å². The molecule has 2 aromatic heterocycles. The molecule has 2 atom stereocenters. The summed E-state index contributed by atoms with van der Waals surface area (Å²) in [7, 11) is 4.12. The Morgan fingerprint density at radius 3 is 1.85 bits per heavy atom. The summed E-state index contributed by atoms with van der Waals surface area (Å²) >= 11 is 0. The zero-order chi connectivity index (χ0) is 18.7.